The smallest absolute Gasteiger partial charge is 0.348 e. The van der Waals surface area contributed by atoms with Gasteiger partial charge in [-0.05, 0) is 42.6 Å². The van der Waals surface area contributed by atoms with Crippen LogP contribution in [0.15, 0.2) is 45.9 Å². The van der Waals surface area contributed by atoms with Gasteiger partial charge in [-0.3, -0.25) is 0 Å². The average Bonchev–Trinajstić information content (AvgIpc) is 3.22. The minimum atomic E-state index is -0.301. The molecule has 24 heavy (non-hydrogen) atoms. The Balaban J connectivity index is 2.09. The molecule has 0 aliphatic heterocycles. The van der Waals surface area contributed by atoms with Crippen LogP contribution in [0, 0.1) is 0 Å². The Labute approximate surface area is 148 Å². The van der Waals surface area contributed by atoms with Crippen LogP contribution in [0.4, 0.5) is 16.4 Å². The molecule has 5 nitrogen and oxygen atoms in total. The van der Waals surface area contributed by atoms with E-state index in [0.29, 0.717) is 11.5 Å². The van der Waals surface area contributed by atoms with Gasteiger partial charge in [-0.1, -0.05) is 0 Å². The van der Waals surface area contributed by atoms with Crippen molar-refractivity contribution in [3.05, 3.63) is 40.6 Å². The normalized spacial score (nSPS) is 11.3. The van der Waals surface area contributed by atoms with Gasteiger partial charge in [-0.25, -0.2) is 4.79 Å². The number of ether oxygens (including phenoxy) is 1. The van der Waals surface area contributed by atoms with Gasteiger partial charge in [0.05, 0.1) is 11.3 Å². The largest absolute Gasteiger partial charge is 0.462 e. The number of azo groups is 1. The summed E-state index contributed by atoms with van der Waals surface area (Å²) in [6, 6.07) is 9.65. The zero-order chi connectivity index (χ0) is 17.1. The van der Waals surface area contributed by atoms with Crippen molar-refractivity contribution in [1.82, 2.24) is 0 Å². The molecule has 0 fully saturated rings. The van der Waals surface area contributed by atoms with Gasteiger partial charge in [0, 0.05) is 25.2 Å². The Hall–Kier alpha value is -2.25. The lowest BCUT2D eigenvalue weighted by Gasteiger charge is -2.14. The number of anilines is 1. The summed E-state index contributed by atoms with van der Waals surface area (Å²) in [5.74, 6) is -0.301. The highest BCUT2D eigenvalue weighted by Gasteiger charge is 2.16. The third-order valence-corrected chi connectivity index (χ3v) is 5.25. The molecule has 0 aliphatic rings. The SMILES string of the molecule is CCOC(=O)c1cc2c(N(C)C)ccc(N=Nc3cccs3)c2s1. The van der Waals surface area contributed by atoms with E-state index in [1.165, 1.54) is 22.7 Å². The van der Waals surface area contributed by atoms with Crippen molar-refractivity contribution in [3.63, 3.8) is 0 Å². The molecule has 0 aliphatic carbocycles. The summed E-state index contributed by atoms with van der Waals surface area (Å²) in [5, 5.41) is 12.4. The fraction of sp³-hybridized carbons (Fsp3) is 0.235. The second-order valence-corrected chi connectivity index (χ2v) is 7.20. The van der Waals surface area contributed by atoms with Crippen molar-refractivity contribution in [2.75, 3.05) is 25.6 Å². The summed E-state index contributed by atoms with van der Waals surface area (Å²) in [4.78, 5) is 14.7. The predicted octanol–water partition coefficient (Wildman–Crippen LogP) is 5.62. The van der Waals surface area contributed by atoms with Crippen LogP contribution in [-0.2, 0) is 4.74 Å². The number of rotatable bonds is 5. The second kappa shape index (κ2) is 7.11. The van der Waals surface area contributed by atoms with Crippen LogP contribution in [0.2, 0.25) is 0 Å². The molecule has 0 radical (unpaired) electrons. The van der Waals surface area contributed by atoms with E-state index in [1.807, 2.05) is 54.7 Å². The third kappa shape index (κ3) is 3.32. The molecule has 2 aromatic heterocycles. The first-order chi connectivity index (χ1) is 11.6. The highest BCUT2D eigenvalue weighted by molar-refractivity contribution is 7.21. The molecule has 0 atom stereocenters. The first-order valence-corrected chi connectivity index (χ1v) is 9.16. The number of hydrogen-bond acceptors (Lipinski definition) is 7. The number of thiophene rings is 2. The fourth-order valence-electron chi connectivity index (χ4n) is 2.30. The van der Waals surface area contributed by atoms with Crippen molar-refractivity contribution < 1.29 is 9.53 Å². The molecule has 7 heteroatoms. The van der Waals surface area contributed by atoms with Crippen LogP contribution in [0.3, 0.4) is 0 Å². The maximum atomic E-state index is 12.1. The zero-order valence-corrected chi connectivity index (χ0v) is 15.3. The van der Waals surface area contributed by atoms with Gasteiger partial charge in [0.25, 0.3) is 0 Å². The Morgan fingerprint density at radius 2 is 2.08 bits per heavy atom. The van der Waals surface area contributed by atoms with E-state index < -0.39 is 0 Å². The van der Waals surface area contributed by atoms with Gasteiger partial charge in [-0.2, -0.15) is 0 Å². The van der Waals surface area contributed by atoms with Gasteiger partial charge >= 0.3 is 5.97 Å². The molecule has 0 amide bonds. The summed E-state index contributed by atoms with van der Waals surface area (Å²) in [7, 11) is 3.95. The molecule has 1 aromatic carbocycles. The van der Waals surface area contributed by atoms with Gasteiger partial charge in [0.2, 0.25) is 0 Å². The fourth-order valence-corrected chi connectivity index (χ4v) is 3.86. The number of carbonyl (C=O) groups excluding carboxylic acids is 1. The van der Waals surface area contributed by atoms with E-state index in [4.69, 9.17) is 4.74 Å². The zero-order valence-electron chi connectivity index (χ0n) is 13.6. The summed E-state index contributed by atoms with van der Waals surface area (Å²) >= 11 is 2.92. The molecule has 0 saturated heterocycles. The van der Waals surface area contributed by atoms with Crippen LogP contribution in [-0.4, -0.2) is 26.7 Å². The number of carbonyl (C=O) groups is 1. The minimum absolute atomic E-state index is 0.301. The Morgan fingerprint density at radius 1 is 1.25 bits per heavy atom. The molecular weight excluding hydrogens is 342 g/mol. The first kappa shape index (κ1) is 16.6. The monoisotopic (exact) mass is 359 g/mol. The molecule has 0 unspecified atom stereocenters. The number of hydrogen-bond donors (Lipinski definition) is 0. The lowest BCUT2D eigenvalue weighted by Crippen LogP contribution is -2.08. The molecule has 3 rings (SSSR count). The van der Waals surface area contributed by atoms with Crippen LogP contribution >= 0.6 is 22.7 Å². The van der Waals surface area contributed by atoms with Crippen LogP contribution in [0.5, 0.6) is 0 Å². The van der Waals surface area contributed by atoms with Crippen molar-refractivity contribution in [3.8, 4) is 0 Å². The number of benzene rings is 1. The second-order valence-electron chi connectivity index (χ2n) is 5.22. The molecule has 0 spiro atoms. The Bertz CT molecular complexity index is 883. The van der Waals surface area contributed by atoms with Crippen LogP contribution < -0.4 is 4.90 Å². The van der Waals surface area contributed by atoms with E-state index in [2.05, 4.69) is 10.2 Å². The average molecular weight is 359 g/mol. The third-order valence-electron chi connectivity index (χ3n) is 3.36. The number of esters is 1. The van der Waals surface area contributed by atoms with E-state index in [0.717, 1.165) is 26.5 Å². The van der Waals surface area contributed by atoms with Crippen molar-refractivity contribution in [2.24, 2.45) is 10.2 Å². The molecular formula is C17H17N3O2S2. The Morgan fingerprint density at radius 3 is 2.75 bits per heavy atom. The van der Waals surface area contributed by atoms with Crippen LogP contribution in [0.25, 0.3) is 10.1 Å². The predicted molar refractivity (Wildman–Crippen MR) is 101 cm³/mol. The maximum absolute atomic E-state index is 12.1. The van der Waals surface area contributed by atoms with Gasteiger partial charge < -0.3 is 9.64 Å². The molecule has 2 heterocycles. The summed E-state index contributed by atoms with van der Waals surface area (Å²) in [6.07, 6.45) is 0. The highest BCUT2D eigenvalue weighted by Crippen LogP contribution is 2.40. The minimum Gasteiger partial charge on any atom is -0.462 e. The van der Waals surface area contributed by atoms with Crippen molar-refractivity contribution in [1.29, 1.82) is 0 Å². The molecule has 0 N–H and O–H groups in total. The van der Waals surface area contributed by atoms with Gasteiger partial charge in [0.1, 0.15) is 15.6 Å². The quantitative estimate of drug-likeness (QED) is 0.439. The van der Waals surface area contributed by atoms with Gasteiger partial charge in [0.15, 0.2) is 0 Å². The number of fused-ring (bicyclic) bond motifs is 1. The summed E-state index contributed by atoms with van der Waals surface area (Å²) in [5.41, 5.74) is 1.79. The van der Waals surface area contributed by atoms with Crippen LogP contribution in [0.1, 0.15) is 16.6 Å². The Kier molecular flexibility index (Phi) is 4.92. The molecule has 0 saturated carbocycles. The van der Waals surface area contributed by atoms with E-state index in [9.17, 15) is 4.79 Å². The highest BCUT2D eigenvalue weighted by atomic mass is 32.1. The van der Waals surface area contributed by atoms with E-state index in [1.54, 1.807) is 6.92 Å². The molecule has 0 bridgehead atoms. The topological polar surface area (TPSA) is 54.3 Å². The molecule has 124 valence electrons. The maximum Gasteiger partial charge on any atom is 0.348 e. The van der Waals surface area contributed by atoms with E-state index >= 15 is 0 Å². The van der Waals surface area contributed by atoms with Crippen molar-refractivity contribution >= 4 is 55.1 Å². The van der Waals surface area contributed by atoms with Gasteiger partial charge in [-0.15, -0.1) is 32.9 Å². The lowest BCUT2D eigenvalue weighted by molar-refractivity contribution is 0.0532. The van der Waals surface area contributed by atoms with E-state index in [-0.39, 0.29) is 5.97 Å². The summed E-state index contributed by atoms with van der Waals surface area (Å²) < 4.78 is 6.06. The first-order valence-electron chi connectivity index (χ1n) is 7.46. The lowest BCUT2D eigenvalue weighted by atomic mass is 10.2. The van der Waals surface area contributed by atoms with Crippen molar-refractivity contribution in [2.45, 2.75) is 6.92 Å². The standard InChI is InChI=1S/C17H17N3O2S2/c1-4-22-17(21)14-10-11-13(20(2)3)8-7-12(16(11)24-14)18-19-15-6-5-9-23-15/h5-10H,4H2,1-3H3. The molecule has 3 aromatic rings. The number of nitrogens with zero attached hydrogens (tertiary/aromatic N) is 3. The summed E-state index contributed by atoms with van der Waals surface area (Å²) in [6.45, 7) is 2.16.